The molecule has 1 saturated heterocycles. The van der Waals surface area contributed by atoms with E-state index in [9.17, 15) is 4.79 Å². The van der Waals surface area contributed by atoms with Crippen molar-refractivity contribution in [3.8, 4) is 0 Å². The first kappa shape index (κ1) is 10.5. The van der Waals surface area contributed by atoms with Gasteiger partial charge >= 0.3 is 5.97 Å². The smallest absolute Gasteiger partial charge is 0.320 e. The molecule has 80 valence electrons. The topological polar surface area (TPSA) is 49.3 Å². The van der Waals surface area contributed by atoms with Crippen molar-refractivity contribution < 1.29 is 9.90 Å². The maximum Gasteiger partial charge on any atom is 0.320 e. The number of aliphatic carboxylic acids is 1. The lowest BCUT2D eigenvalue weighted by Crippen LogP contribution is -2.29. The molecule has 0 bridgehead atoms. The second-order valence-corrected chi connectivity index (χ2v) is 4.96. The Kier molecular flexibility index (Phi) is 3.28. The first-order valence-corrected chi connectivity index (χ1v) is 5.81. The molecule has 2 atom stereocenters. The zero-order valence-corrected chi connectivity index (χ0v) is 9.04. The second kappa shape index (κ2) is 4.68. The fourth-order valence-corrected chi connectivity index (χ4v) is 2.84. The van der Waals surface area contributed by atoms with Crippen LogP contribution in [0, 0.1) is 0 Å². The first-order chi connectivity index (χ1) is 7.25. The van der Waals surface area contributed by atoms with Crippen LogP contribution in [-0.2, 0) is 4.79 Å². The van der Waals surface area contributed by atoms with Crippen LogP contribution in [0.1, 0.15) is 6.42 Å². The predicted octanol–water partition coefficient (Wildman–Crippen LogP) is 1.59. The van der Waals surface area contributed by atoms with Gasteiger partial charge in [-0.2, -0.15) is 0 Å². The third-order valence-corrected chi connectivity index (χ3v) is 3.67. The van der Waals surface area contributed by atoms with Gasteiger partial charge in [-0.15, -0.1) is 11.8 Å². The Morgan fingerprint density at radius 2 is 2.13 bits per heavy atom. The van der Waals surface area contributed by atoms with Crippen LogP contribution in [0.4, 0.5) is 0 Å². The molecule has 0 aliphatic carbocycles. The third kappa shape index (κ3) is 2.73. The van der Waals surface area contributed by atoms with Crippen molar-refractivity contribution in [3.63, 3.8) is 0 Å². The van der Waals surface area contributed by atoms with Crippen LogP contribution in [0.25, 0.3) is 0 Å². The molecule has 4 heteroatoms. The Balaban J connectivity index is 1.90. The third-order valence-electron chi connectivity index (χ3n) is 2.43. The standard InChI is InChI=1S/C11H13NO2S/c13-11(14)10-6-9(7-12-10)15-8-4-2-1-3-5-8/h1-5,9-10,12H,6-7H2,(H,13,14)/t9?,10-/m0/s1. The van der Waals surface area contributed by atoms with Crippen molar-refractivity contribution in [3.05, 3.63) is 30.3 Å². The minimum absolute atomic E-state index is 0.369. The van der Waals surface area contributed by atoms with Gasteiger partial charge in [-0.3, -0.25) is 4.79 Å². The Hall–Kier alpha value is -1.00. The van der Waals surface area contributed by atoms with E-state index < -0.39 is 5.97 Å². The van der Waals surface area contributed by atoms with E-state index in [0.717, 1.165) is 6.54 Å². The van der Waals surface area contributed by atoms with Crippen LogP contribution < -0.4 is 5.32 Å². The fraction of sp³-hybridized carbons (Fsp3) is 0.364. The number of thioether (sulfide) groups is 1. The molecule has 1 aliphatic heterocycles. The summed E-state index contributed by atoms with van der Waals surface area (Å²) in [5.74, 6) is -0.744. The van der Waals surface area contributed by atoms with E-state index in [2.05, 4.69) is 17.4 Å². The summed E-state index contributed by atoms with van der Waals surface area (Å²) in [7, 11) is 0. The zero-order valence-electron chi connectivity index (χ0n) is 8.22. The number of rotatable bonds is 3. The molecular weight excluding hydrogens is 210 g/mol. The van der Waals surface area contributed by atoms with Crippen molar-refractivity contribution in [2.75, 3.05) is 6.54 Å². The number of benzene rings is 1. The summed E-state index contributed by atoms with van der Waals surface area (Å²) in [6.07, 6.45) is 0.703. The Morgan fingerprint density at radius 1 is 1.40 bits per heavy atom. The Bertz CT molecular complexity index is 342. The van der Waals surface area contributed by atoms with E-state index >= 15 is 0 Å². The highest BCUT2D eigenvalue weighted by molar-refractivity contribution is 8.00. The van der Waals surface area contributed by atoms with Gasteiger partial charge < -0.3 is 10.4 Å². The van der Waals surface area contributed by atoms with Crippen LogP contribution in [-0.4, -0.2) is 28.9 Å². The number of carboxylic acids is 1. The molecule has 0 saturated carbocycles. The molecule has 1 heterocycles. The van der Waals surface area contributed by atoms with Gasteiger partial charge in [0.05, 0.1) is 0 Å². The lowest BCUT2D eigenvalue weighted by Gasteiger charge is -2.07. The van der Waals surface area contributed by atoms with Crippen molar-refractivity contribution >= 4 is 17.7 Å². The average Bonchev–Trinajstić information content (AvgIpc) is 2.68. The molecule has 2 rings (SSSR count). The van der Waals surface area contributed by atoms with Crippen LogP contribution in [0.15, 0.2) is 35.2 Å². The minimum Gasteiger partial charge on any atom is -0.480 e. The van der Waals surface area contributed by atoms with Crippen LogP contribution in [0.5, 0.6) is 0 Å². The minimum atomic E-state index is -0.744. The highest BCUT2D eigenvalue weighted by atomic mass is 32.2. The summed E-state index contributed by atoms with van der Waals surface area (Å²) in [4.78, 5) is 11.9. The highest BCUT2D eigenvalue weighted by Crippen LogP contribution is 2.28. The predicted molar refractivity (Wildman–Crippen MR) is 60.1 cm³/mol. The van der Waals surface area contributed by atoms with E-state index in [1.807, 2.05) is 18.2 Å². The van der Waals surface area contributed by atoms with Gasteiger partial charge in [0.2, 0.25) is 0 Å². The molecule has 0 amide bonds. The zero-order chi connectivity index (χ0) is 10.7. The lowest BCUT2D eigenvalue weighted by atomic mass is 10.2. The fourth-order valence-electron chi connectivity index (χ4n) is 1.67. The molecule has 1 aliphatic rings. The maximum absolute atomic E-state index is 10.7. The van der Waals surface area contributed by atoms with E-state index in [0.29, 0.717) is 11.7 Å². The number of carboxylic acid groups (broad SMARTS) is 1. The molecule has 0 radical (unpaired) electrons. The van der Waals surface area contributed by atoms with Crippen LogP contribution in [0.3, 0.4) is 0 Å². The highest BCUT2D eigenvalue weighted by Gasteiger charge is 2.29. The SMILES string of the molecule is O=C(O)[C@@H]1CC(Sc2ccccc2)CN1. The molecule has 15 heavy (non-hydrogen) atoms. The number of nitrogens with one attached hydrogen (secondary N) is 1. The molecule has 1 aromatic carbocycles. The second-order valence-electron chi connectivity index (χ2n) is 3.59. The molecule has 0 aromatic heterocycles. The molecule has 1 aromatic rings. The molecule has 1 unspecified atom stereocenters. The summed E-state index contributed by atoms with van der Waals surface area (Å²) in [5.41, 5.74) is 0. The molecule has 2 N–H and O–H groups in total. The summed E-state index contributed by atoms with van der Waals surface area (Å²) < 4.78 is 0. The van der Waals surface area contributed by atoms with Gasteiger partial charge in [0.15, 0.2) is 0 Å². The van der Waals surface area contributed by atoms with Gasteiger partial charge in [0.25, 0.3) is 0 Å². The van der Waals surface area contributed by atoms with Crippen molar-refractivity contribution in [1.82, 2.24) is 5.32 Å². The molecular formula is C11H13NO2S. The van der Waals surface area contributed by atoms with Gasteiger partial charge in [0.1, 0.15) is 6.04 Å². The van der Waals surface area contributed by atoms with Crippen molar-refractivity contribution in [1.29, 1.82) is 0 Å². The number of hydrogen-bond donors (Lipinski definition) is 2. The monoisotopic (exact) mass is 223 g/mol. The summed E-state index contributed by atoms with van der Waals surface area (Å²) >= 11 is 1.75. The van der Waals surface area contributed by atoms with Gasteiger partial charge in [-0.25, -0.2) is 0 Å². The van der Waals surface area contributed by atoms with E-state index in [-0.39, 0.29) is 6.04 Å². The average molecular weight is 223 g/mol. The van der Waals surface area contributed by atoms with E-state index in [1.165, 1.54) is 4.90 Å². The summed E-state index contributed by atoms with van der Waals surface area (Å²) in [6.45, 7) is 0.774. The largest absolute Gasteiger partial charge is 0.480 e. The van der Waals surface area contributed by atoms with Crippen LogP contribution >= 0.6 is 11.8 Å². The lowest BCUT2D eigenvalue weighted by molar-refractivity contribution is -0.139. The summed E-state index contributed by atoms with van der Waals surface area (Å²) in [5, 5.41) is 12.2. The van der Waals surface area contributed by atoms with E-state index in [4.69, 9.17) is 5.11 Å². The van der Waals surface area contributed by atoms with Gasteiger partial charge in [-0.05, 0) is 18.6 Å². The summed E-state index contributed by atoms with van der Waals surface area (Å²) in [6, 6.07) is 9.72. The Morgan fingerprint density at radius 3 is 2.73 bits per heavy atom. The van der Waals surface area contributed by atoms with Gasteiger partial charge in [0, 0.05) is 16.7 Å². The number of carbonyl (C=O) groups is 1. The number of hydrogen-bond acceptors (Lipinski definition) is 3. The maximum atomic E-state index is 10.7. The normalized spacial score (nSPS) is 25.3. The van der Waals surface area contributed by atoms with Crippen LogP contribution in [0.2, 0.25) is 0 Å². The Labute approximate surface area is 92.9 Å². The molecule has 3 nitrogen and oxygen atoms in total. The molecule has 1 fully saturated rings. The first-order valence-electron chi connectivity index (χ1n) is 4.93. The molecule has 0 spiro atoms. The van der Waals surface area contributed by atoms with E-state index in [1.54, 1.807) is 11.8 Å². The van der Waals surface area contributed by atoms with Crippen molar-refractivity contribution in [2.45, 2.75) is 22.6 Å². The quantitative estimate of drug-likeness (QED) is 0.817. The van der Waals surface area contributed by atoms with Gasteiger partial charge in [-0.1, -0.05) is 18.2 Å². The van der Waals surface area contributed by atoms with Crippen molar-refractivity contribution in [2.24, 2.45) is 0 Å².